The molecule has 1 aromatic heterocycles. The van der Waals surface area contributed by atoms with Crippen LogP contribution < -0.4 is 5.69 Å². The average molecular weight is 353 g/mol. The summed E-state index contributed by atoms with van der Waals surface area (Å²) in [6.45, 7) is 2.64. The molecule has 1 fully saturated rings. The molecule has 0 atom stereocenters. The van der Waals surface area contributed by atoms with Crippen LogP contribution in [0.4, 0.5) is 0 Å². The molecule has 3 rings (SSSR count). The van der Waals surface area contributed by atoms with Gasteiger partial charge in [-0.3, -0.25) is 9.36 Å². The first-order valence-electron chi connectivity index (χ1n) is 8.42. The van der Waals surface area contributed by atoms with E-state index in [-0.39, 0.29) is 24.7 Å². The van der Waals surface area contributed by atoms with E-state index in [1.165, 1.54) is 11.8 Å². The number of fused-ring (bicyclic) bond motifs is 1. The maximum atomic E-state index is 12.3. The van der Waals surface area contributed by atoms with Crippen LogP contribution in [-0.2, 0) is 28.9 Å². The smallest absolute Gasteiger partial charge is 0.348 e. The minimum atomic E-state index is -0.328. The first-order chi connectivity index (χ1) is 11.7. The predicted molar refractivity (Wildman–Crippen MR) is 90.3 cm³/mol. The molecule has 1 aliphatic carbocycles. The molecule has 2 heterocycles. The van der Waals surface area contributed by atoms with Gasteiger partial charge in [0.25, 0.3) is 0 Å². The third-order valence-electron chi connectivity index (χ3n) is 4.47. The number of hydrogen-bond donors (Lipinski definition) is 1. The van der Waals surface area contributed by atoms with Crippen molar-refractivity contribution in [2.24, 2.45) is 0 Å². The van der Waals surface area contributed by atoms with E-state index in [0.29, 0.717) is 37.1 Å². The Morgan fingerprint density at radius 3 is 2.75 bits per heavy atom. The molecule has 0 unspecified atom stereocenters. The maximum Gasteiger partial charge on any atom is 0.348 e. The van der Waals surface area contributed by atoms with Crippen molar-refractivity contribution in [1.29, 1.82) is 0 Å². The summed E-state index contributed by atoms with van der Waals surface area (Å²) in [5.74, 6) is 0.359. The number of aliphatic hydroxyl groups is 1. The van der Waals surface area contributed by atoms with E-state index in [1.807, 2.05) is 0 Å². The number of amides is 1. The molecule has 1 aromatic rings. The Bertz CT molecular complexity index is 655. The molecule has 0 saturated carbocycles. The average Bonchev–Trinajstić information content (AvgIpc) is 2.63. The van der Waals surface area contributed by atoms with Crippen molar-refractivity contribution in [3.05, 3.63) is 21.7 Å². The van der Waals surface area contributed by atoms with Crippen molar-refractivity contribution < 1.29 is 14.6 Å². The van der Waals surface area contributed by atoms with E-state index in [9.17, 15) is 14.7 Å². The predicted octanol–water partition coefficient (Wildman–Crippen LogP) is 0.0653. The summed E-state index contributed by atoms with van der Waals surface area (Å²) < 4.78 is 6.85. The Morgan fingerprint density at radius 2 is 2.00 bits per heavy atom. The van der Waals surface area contributed by atoms with Gasteiger partial charge in [0.1, 0.15) is 5.03 Å². The molecule has 1 saturated heterocycles. The number of thioether (sulfide) groups is 1. The zero-order valence-corrected chi connectivity index (χ0v) is 14.5. The van der Waals surface area contributed by atoms with Crippen LogP contribution in [0.1, 0.15) is 24.1 Å². The molecule has 2 aliphatic rings. The second-order valence-corrected chi connectivity index (χ2v) is 6.95. The molecule has 1 amide bonds. The summed E-state index contributed by atoms with van der Waals surface area (Å²) in [6, 6.07) is 0. The molecule has 1 N–H and O–H groups in total. The van der Waals surface area contributed by atoms with Gasteiger partial charge in [0.15, 0.2) is 0 Å². The number of aromatic nitrogens is 2. The van der Waals surface area contributed by atoms with Crippen LogP contribution in [-0.4, -0.2) is 64.1 Å². The topological polar surface area (TPSA) is 84.7 Å². The van der Waals surface area contributed by atoms with Crippen LogP contribution in [0.3, 0.4) is 0 Å². The van der Waals surface area contributed by atoms with E-state index < -0.39 is 0 Å². The number of carbonyl (C=O) groups excluding carboxylic acids is 1. The van der Waals surface area contributed by atoms with Crippen LogP contribution in [0.25, 0.3) is 0 Å². The number of morpholine rings is 1. The fourth-order valence-corrected chi connectivity index (χ4v) is 4.21. The zero-order valence-electron chi connectivity index (χ0n) is 13.7. The minimum Gasteiger partial charge on any atom is -0.395 e. The van der Waals surface area contributed by atoms with E-state index >= 15 is 0 Å². The highest BCUT2D eigenvalue weighted by Gasteiger charge is 2.22. The summed E-state index contributed by atoms with van der Waals surface area (Å²) >= 11 is 1.36. The van der Waals surface area contributed by atoms with Crippen molar-refractivity contribution in [2.45, 2.75) is 37.3 Å². The SMILES string of the molecule is O=C(CSc1nc(=O)n(CCO)c2c1CCCC2)N1CCOCC1. The van der Waals surface area contributed by atoms with Crippen molar-refractivity contribution in [1.82, 2.24) is 14.5 Å². The largest absolute Gasteiger partial charge is 0.395 e. The molecule has 0 spiro atoms. The Hall–Kier alpha value is -1.38. The highest BCUT2D eigenvalue weighted by Crippen LogP contribution is 2.28. The fraction of sp³-hybridized carbons (Fsp3) is 0.688. The third-order valence-corrected chi connectivity index (χ3v) is 5.47. The standard InChI is InChI=1S/C16H23N3O4S/c20-8-5-19-13-4-2-1-3-12(13)15(17-16(19)22)24-11-14(21)18-6-9-23-10-7-18/h20H,1-11H2. The highest BCUT2D eigenvalue weighted by atomic mass is 32.2. The van der Waals surface area contributed by atoms with Gasteiger partial charge in [-0.1, -0.05) is 11.8 Å². The Morgan fingerprint density at radius 1 is 1.25 bits per heavy atom. The number of ether oxygens (including phenoxy) is 1. The number of rotatable bonds is 5. The minimum absolute atomic E-state index is 0.0641. The highest BCUT2D eigenvalue weighted by molar-refractivity contribution is 7.99. The summed E-state index contributed by atoms with van der Waals surface area (Å²) in [5, 5.41) is 9.87. The molecular weight excluding hydrogens is 330 g/mol. The van der Waals surface area contributed by atoms with Crippen LogP contribution in [0.15, 0.2) is 9.82 Å². The zero-order chi connectivity index (χ0) is 16.9. The third kappa shape index (κ3) is 3.81. The van der Waals surface area contributed by atoms with Crippen molar-refractivity contribution in [3.63, 3.8) is 0 Å². The second-order valence-electron chi connectivity index (χ2n) is 5.99. The molecule has 0 bridgehead atoms. The van der Waals surface area contributed by atoms with Crippen LogP contribution in [0.5, 0.6) is 0 Å². The number of aliphatic hydroxyl groups excluding tert-OH is 1. The summed E-state index contributed by atoms with van der Waals surface area (Å²) in [7, 11) is 0. The Labute approximate surface area is 145 Å². The van der Waals surface area contributed by atoms with Gasteiger partial charge in [-0.05, 0) is 25.7 Å². The van der Waals surface area contributed by atoms with Gasteiger partial charge in [0, 0.05) is 24.3 Å². The molecule has 0 radical (unpaired) electrons. The first kappa shape index (κ1) is 17.4. The van der Waals surface area contributed by atoms with Gasteiger partial charge in [0.05, 0.1) is 32.1 Å². The van der Waals surface area contributed by atoms with Crippen LogP contribution in [0, 0.1) is 0 Å². The molecule has 0 aromatic carbocycles. The van der Waals surface area contributed by atoms with E-state index in [2.05, 4.69) is 4.98 Å². The van der Waals surface area contributed by atoms with Crippen molar-refractivity contribution in [2.75, 3.05) is 38.7 Å². The lowest BCUT2D eigenvalue weighted by atomic mass is 9.97. The molecule has 1 aliphatic heterocycles. The lowest BCUT2D eigenvalue weighted by Crippen LogP contribution is -2.41. The molecule has 132 valence electrons. The van der Waals surface area contributed by atoms with E-state index in [0.717, 1.165) is 36.9 Å². The van der Waals surface area contributed by atoms with Gasteiger partial charge < -0.3 is 14.7 Å². The van der Waals surface area contributed by atoms with E-state index in [1.54, 1.807) is 9.47 Å². The monoisotopic (exact) mass is 353 g/mol. The molecule has 8 heteroatoms. The van der Waals surface area contributed by atoms with Crippen molar-refractivity contribution >= 4 is 17.7 Å². The number of nitrogens with zero attached hydrogens (tertiary/aromatic N) is 3. The second kappa shape index (κ2) is 8.13. The molecule has 7 nitrogen and oxygen atoms in total. The Balaban J connectivity index is 1.76. The summed E-state index contributed by atoms with van der Waals surface area (Å²) in [6.07, 6.45) is 3.82. The summed E-state index contributed by atoms with van der Waals surface area (Å²) in [5.41, 5.74) is 1.73. The van der Waals surface area contributed by atoms with Gasteiger partial charge >= 0.3 is 5.69 Å². The normalized spacial score (nSPS) is 17.6. The first-order valence-corrected chi connectivity index (χ1v) is 9.41. The van der Waals surface area contributed by atoms with Crippen LogP contribution >= 0.6 is 11.8 Å². The van der Waals surface area contributed by atoms with Gasteiger partial charge in [-0.15, -0.1) is 0 Å². The fourth-order valence-electron chi connectivity index (χ4n) is 3.23. The number of carbonyl (C=O) groups is 1. The van der Waals surface area contributed by atoms with Gasteiger partial charge in [0.2, 0.25) is 5.91 Å². The quantitative estimate of drug-likeness (QED) is 0.595. The lowest BCUT2D eigenvalue weighted by molar-refractivity contribution is -0.132. The summed E-state index contributed by atoms with van der Waals surface area (Å²) in [4.78, 5) is 30.6. The van der Waals surface area contributed by atoms with Crippen molar-refractivity contribution in [3.8, 4) is 0 Å². The molecular formula is C16H23N3O4S. The maximum absolute atomic E-state index is 12.3. The van der Waals surface area contributed by atoms with Crippen LogP contribution in [0.2, 0.25) is 0 Å². The van der Waals surface area contributed by atoms with Gasteiger partial charge in [-0.2, -0.15) is 4.98 Å². The number of hydrogen-bond acceptors (Lipinski definition) is 6. The lowest BCUT2D eigenvalue weighted by Gasteiger charge is -2.27. The Kier molecular flexibility index (Phi) is 5.91. The van der Waals surface area contributed by atoms with E-state index in [4.69, 9.17) is 4.74 Å². The molecule has 24 heavy (non-hydrogen) atoms. The van der Waals surface area contributed by atoms with Gasteiger partial charge in [-0.25, -0.2) is 4.79 Å².